The molecule has 1 aromatic rings. The van der Waals surface area contributed by atoms with Crippen LogP contribution in [0.25, 0.3) is 0 Å². The van der Waals surface area contributed by atoms with Gasteiger partial charge in [0.1, 0.15) is 0 Å². The summed E-state index contributed by atoms with van der Waals surface area (Å²) < 4.78 is 0. The van der Waals surface area contributed by atoms with Crippen LogP contribution in [0.3, 0.4) is 0 Å². The number of nitrogens with zero attached hydrogens (tertiary/aromatic N) is 4. The molecule has 0 N–H and O–H groups in total. The highest BCUT2D eigenvalue weighted by molar-refractivity contribution is 6.33. The Labute approximate surface area is 106 Å². The monoisotopic (exact) mass is 250 g/mol. The van der Waals surface area contributed by atoms with Crippen LogP contribution in [-0.2, 0) is 0 Å². The molecule has 0 bridgehead atoms. The average Bonchev–Trinajstić information content (AvgIpc) is 2.39. The fourth-order valence-electron chi connectivity index (χ4n) is 2.06. The van der Waals surface area contributed by atoms with Gasteiger partial charge in [0.05, 0.1) is 22.8 Å². The van der Waals surface area contributed by atoms with Gasteiger partial charge in [-0.25, -0.2) is 0 Å². The number of rotatable bonds is 2. The molecule has 0 saturated carbocycles. The van der Waals surface area contributed by atoms with E-state index in [4.69, 9.17) is 16.9 Å². The number of aromatic nitrogens is 1. The summed E-state index contributed by atoms with van der Waals surface area (Å²) in [5, 5.41) is 9.57. The summed E-state index contributed by atoms with van der Waals surface area (Å²) in [5.41, 5.74) is 1.03. The summed E-state index contributed by atoms with van der Waals surface area (Å²) in [7, 11) is 0. The smallest absolute Gasteiger partial charge is 0.0950 e. The number of anilines is 1. The third-order valence-corrected chi connectivity index (χ3v) is 3.43. The molecule has 5 heteroatoms. The molecule has 0 spiro atoms. The molecule has 2 rings (SSSR count). The van der Waals surface area contributed by atoms with Crippen LogP contribution in [0.4, 0.5) is 5.69 Å². The van der Waals surface area contributed by atoms with Crippen molar-refractivity contribution >= 4 is 17.3 Å². The minimum atomic E-state index is -0.00920. The molecule has 90 valence electrons. The fourth-order valence-corrected chi connectivity index (χ4v) is 2.29. The molecule has 1 aliphatic rings. The Hall–Kier alpha value is -1.31. The Kier molecular flexibility index (Phi) is 3.82. The van der Waals surface area contributed by atoms with Gasteiger partial charge in [0, 0.05) is 38.6 Å². The molecular weight excluding hydrogens is 236 g/mol. The first-order chi connectivity index (χ1) is 8.22. The van der Waals surface area contributed by atoms with Gasteiger partial charge in [-0.3, -0.25) is 9.88 Å². The number of nitriles is 1. The second kappa shape index (κ2) is 5.35. The predicted octanol–water partition coefficient (Wildman–Crippen LogP) is 1.77. The molecule has 1 aromatic heterocycles. The van der Waals surface area contributed by atoms with Crippen LogP contribution in [0.2, 0.25) is 5.02 Å². The van der Waals surface area contributed by atoms with Crippen molar-refractivity contribution in [2.45, 2.75) is 13.0 Å². The van der Waals surface area contributed by atoms with Gasteiger partial charge in [-0.15, -0.1) is 0 Å². The van der Waals surface area contributed by atoms with Crippen molar-refractivity contribution in [3.05, 3.63) is 23.5 Å². The van der Waals surface area contributed by atoms with Crippen molar-refractivity contribution in [1.29, 1.82) is 5.26 Å². The number of piperazine rings is 1. The topological polar surface area (TPSA) is 43.2 Å². The first kappa shape index (κ1) is 12.2. The lowest BCUT2D eigenvalue weighted by Crippen LogP contribution is -2.49. The quantitative estimate of drug-likeness (QED) is 0.802. The molecular formula is C12H15ClN4. The first-order valence-electron chi connectivity index (χ1n) is 5.70. The minimum Gasteiger partial charge on any atom is -0.368 e. The Morgan fingerprint density at radius 2 is 2.12 bits per heavy atom. The Bertz CT molecular complexity index is 421. The first-order valence-corrected chi connectivity index (χ1v) is 6.08. The van der Waals surface area contributed by atoms with Crippen molar-refractivity contribution in [1.82, 2.24) is 9.88 Å². The lowest BCUT2D eigenvalue weighted by atomic mass is 10.2. The van der Waals surface area contributed by atoms with Crippen molar-refractivity contribution in [3.63, 3.8) is 0 Å². The van der Waals surface area contributed by atoms with E-state index in [9.17, 15) is 0 Å². The van der Waals surface area contributed by atoms with Gasteiger partial charge in [0.15, 0.2) is 0 Å². The zero-order valence-corrected chi connectivity index (χ0v) is 10.6. The Morgan fingerprint density at radius 1 is 1.41 bits per heavy atom. The largest absolute Gasteiger partial charge is 0.368 e. The average molecular weight is 251 g/mol. The fraction of sp³-hybridized carbons (Fsp3) is 0.500. The molecule has 0 aliphatic carbocycles. The Balaban J connectivity index is 2.01. The summed E-state index contributed by atoms with van der Waals surface area (Å²) in [5.74, 6) is 0. The van der Waals surface area contributed by atoms with E-state index in [0.29, 0.717) is 5.02 Å². The third kappa shape index (κ3) is 2.68. The summed E-state index contributed by atoms with van der Waals surface area (Å²) >= 11 is 6.11. The third-order valence-electron chi connectivity index (χ3n) is 3.14. The Morgan fingerprint density at radius 3 is 2.71 bits per heavy atom. The molecule has 1 saturated heterocycles. The maximum absolute atomic E-state index is 8.88. The summed E-state index contributed by atoms with van der Waals surface area (Å²) in [6.45, 7) is 5.53. The van der Waals surface area contributed by atoms with Crippen LogP contribution in [-0.4, -0.2) is 42.1 Å². The molecule has 17 heavy (non-hydrogen) atoms. The second-order valence-corrected chi connectivity index (χ2v) is 4.56. The van der Waals surface area contributed by atoms with E-state index in [1.54, 1.807) is 12.4 Å². The number of hydrogen-bond donors (Lipinski definition) is 0. The maximum Gasteiger partial charge on any atom is 0.0950 e. The summed E-state index contributed by atoms with van der Waals surface area (Å²) in [6.07, 6.45) is 3.42. The van der Waals surface area contributed by atoms with Gasteiger partial charge < -0.3 is 4.90 Å². The van der Waals surface area contributed by atoms with Crippen molar-refractivity contribution in [2.24, 2.45) is 0 Å². The van der Waals surface area contributed by atoms with Crippen LogP contribution < -0.4 is 4.90 Å². The highest BCUT2D eigenvalue weighted by atomic mass is 35.5. The molecule has 1 fully saturated rings. The summed E-state index contributed by atoms with van der Waals surface area (Å²) in [6, 6.07) is 4.20. The predicted molar refractivity (Wildman–Crippen MR) is 68.1 cm³/mol. The van der Waals surface area contributed by atoms with Crippen molar-refractivity contribution < 1.29 is 0 Å². The van der Waals surface area contributed by atoms with Crippen molar-refractivity contribution in [2.75, 3.05) is 31.1 Å². The molecule has 4 nitrogen and oxygen atoms in total. The molecule has 1 atom stereocenters. The summed E-state index contributed by atoms with van der Waals surface area (Å²) in [4.78, 5) is 8.41. The molecule has 0 amide bonds. The van der Waals surface area contributed by atoms with Crippen LogP contribution in [0, 0.1) is 11.3 Å². The highest BCUT2D eigenvalue weighted by Gasteiger charge is 2.21. The molecule has 1 aliphatic heterocycles. The zero-order chi connectivity index (χ0) is 12.3. The normalized spacial score (nSPS) is 18.8. The maximum atomic E-state index is 8.88. The van der Waals surface area contributed by atoms with E-state index >= 15 is 0 Å². The van der Waals surface area contributed by atoms with Crippen LogP contribution in [0.5, 0.6) is 0 Å². The zero-order valence-electron chi connectivity index (χ0n) is 9.80. The number of halogens is 1. The van der Waals surface area contributed by atoms with Gasteiger partial charge in [0.2, 0.25) is 0 Å². The van der Waals surface area contributed by atoms with E-state index in [1.165, 1.54) is 0 Å². The lowest BCUT2D eigenvalue weighted by Gasteiger charge is -2.37. The van der Waals surface area contributed by atoms with Gasteiger partial charge >= 0.3 is 0 Å². The number of pyridine rings is 1. The highest BCUT2D eigenvalue weighted by Crippen LogP contribution is 2.25. The standard InChI is InChI=1S/C12H15ClN4/c1-10(8-14)16-4-6-17(7-5-16)12-2-3-15-9-11(12)13/h2-3,9-10H,4-7H2,1H3. The second-order valence-electron chi connectivity index (χ2n) is 4.16. The van der Waals surface area contributed by atoms with Gasteiger partial charge in [0.25, 0.3) is 0 Å². The van der Waals surface area contributed by atoms with Crippen LogP contribution in [0.1, 0.15) is 6.92 Å². The molecule has 0 radical (unpaired) electrons. The van der Waals surface area contributed by atoms with E-state index in [-0.39, 0.29) is 6.04 Å². The van der Waals surface area contributed by atoms with E-state index < -0.39 is 0 Å². The molecule has 0 aromatic carbocycles. The van der Waals surface area contributed by atoms with E-state index in [0.717, 1.165) is 31.9 Å². The molecule has 1 unspecified atom stereocenters. The van der Waals surface area contributed by atoms with Gasteiger partial charge in [-0.05, 0) is 13.0 Å². The van der Waals surface area contributed by atoms with E-state index in [1.807, 2.05) is 13.0 Å². The number of hydrogen-bond acceptors (Lipinski definition) is 4. The van der Waals surface area contributed by atoms with Crippen molar-refractivity contribution in [3.8, 4) is 6.07 Å². The molecule has 2 heterocycles. The lowest BCUT2D eigenvalue weighted by molar-refractivity contribution is 0.231. The SMILES string of the molecule is CC(C#N)N1CCN(c2ccncc2Cl)CC1. The van der Waals surface area contributed by atoms with Gasteiger partial charge in [-0.2, -0.15) is 5.26 Å². The van der Waals surface area contributed by atoms with Gasteiger partial charge in [-0.1, -0.05) is 11.6 Å². The minimum absolute atomic E-state index is 0.00920. The van der Waals surface area contributed by atoms with Crippen LogP contribution >= 0.6 is 11.6 Å². The van der Waals surface area contributed by atoms with E-state index in [2.05, 4.69) is 20.9 Å². The van der Waals surface area contributed by atoms with Crippen LogP contribution in [0.15, 0.2) is 18.5 Å².